The van der Waals surface area contributed by atoms with Crippen molar-refractivity contribution in [2.24, 2.45) is 0 Å². The molecule has 0 saturated heterocycles. The van der Waals surface area contributed by atoms with Crippen molar-refractivity contribution in [3.05, 3.63) is 67.9 Å². The molecule has 0 aliphatic rings. The average Bonchev–Trinajstić information content (AvgIpc) is 2.42. The van der Waals surface area contributed by atoms with Gasteiger partial charge in [-0.3, -0.25) is 14.9 Å². The Hall–Kier alpha value is -2.28. The lowest BCUT2D eigenvalue weighted by molar-refractivity contribution is -0.385. The van der Waals surface area contributed by atoms with Gasteiger partial charge in [0.25, 0.3) is 11.6 Å². The van der Waals surface area contributed by atoms with Crippen molar-refractivity contribution in [2.45, 2.75) is 6.92 Å². The van der Waals surface area contributed by atoms with Crippen molar-refractivity contribution in [3.8, 4) is 0 Å². The van der Waals surface area contributed by atoms with Crippen molar-refractivity contribution in [1.29, 1.82) is 0 Å². The van der Waals surface area contributed by atoms with Crippen LogP contribution in [0.2, 0.25) is 0 Å². The van der Waals surface area contributed by atoms with Crippen LogP contribution in [0.4, 0.5) is 15.8 Å². The molecule has 0 aliphatic heterocycles. The largest absolute Gasteiger partial charge is 0.322 e. The number of nitro benzene ring substituents is 1. The fourth-order valence-corrected chi connectivity index (χ4v) is 2.16. The number of nitrogens with one attached hydrogen (secondary N) is 1. The molecule has 1 N–H and O–H groups in total. The zero-order chi connectivity index (χ0) is 15.6. The average molecular weight is 353 g/mol. The first-order valence-electron chi connectivity index (χ1n) is 5.90. The molecule has 21 heavy (non-hydrogen) atoms. The number of hydrogen-bond donors (Lipinski definition) is 1. The third kappa shape index (κ3) is 3.43. The number of nitrogens with zero attached hydrogens (tertiary/aromatic N) is 1. The lowest BCUT2D eigenvalue weighted by atomic mass is 10.1. The topological polar surface area (TPSA) is 72.2 Å². The lowest BCUT2D eigenvalue weighted by Crippen LogP contribution is -2.12. The highest BCUT2D eigenvalue weighted by Crippen LogP contribution is 2.22. The second kappa shape index (κ2) is 6.01. The summed E-state index contributed by atoms with van der Waals surface area (Å²) in [6.07, 6.45) is 0. The van der Waals surface area contributed by atoms with Gasteiger partial charge >= 0.3 is 0 Å². The highest BCUT2D eigenvalue weighted by atomic mass is 79.9. The highest BCUT2D eigenvalue weighted by molar-refractivity contribution is 9.10. The summed E-state index contributed by atoms with van der Waals surface area (Å²) in [6.45, 7) is 1.56. The number of rotatable bonds is 3. The van der Waals surface area contributed by atoms with Crippen LogP contribution in [0.5, 0.6) is 0 Å². The fraction of sp³-hybridized carbons (Fsp3) is 0.0714. The van der Waals surface area contributed by atoms with E-state index in [1.807, 2.05) is 0 Å². The predicted octanol–water partition coefficient (Wildman–Crippen LogP) is 4.06. The van der Waals surface area contributed by atoms with Gasteiger partial charge < -0.3 is 5.32 Å². The van der Waals surface area contributed by atoms with Gasteiger partial charge in [-0.2, -0.15) is 0 Å². The molecule has 5 nitrogen and oxygen atoms in total. The molecular weight excluding hydrogens is 343 g/mol. The molecule has 0 aliphatic carbocycles. The number of aryl methyl sites for hydroxylation is 1. The summed E-state index contributed by atoms with van der Waals surface area (Å²) in [7, 11) is 0. The minimum Gasteiger partial charge on any atom is -0.322 e. The molecule has 0 aromatic heterocycles. The molecule has 108 valence electrons. The molecule has 7 heteroatoms. The van der Waals surface area contributed by atoms with Crippen LogP contribution in [-0.4, -0.2) is 10.8 Å². The Morgan fingerprint density at radius 3 is 2.57 bits per heavy atom. The third-order valence-corrected chi connectivity index (χ3v) is 3.44. The van der Waals surface area contributed by atoms with E-state index >= 15 is 0 Å². The molecule has 0 fully saturated rings. The van der Waals surface area contributed by atoms with Crippen molar-refractivity contribution in [2.75, 3.05) is 5.32 Å². The number of hydrogen-bond acceptors (Lipinski definition) is 3. The maximum atomic E-state index is 13.1. The SMILES string of the molecule is Cc1cc(C(=O)Nc2ccc(F)c(Br)c2)ccc1[N+](=O)[O-]. The summed E-state index contributed by atoms with van der Waals surface area (Å²) in [4.78, 5) is 22.3. The molecule has 0 radical (unpaired) electrons. The molecule has 0 atom stereocenters. The summed E-state index contributed by atoms with van der Waals surface area (Å²) in [6, 6.07) is 8.18. The summed E-state index contributed by atoms with van der Waals surface area (Å²) in [5, 5.41) is 13.3. The molecule has 0 heterocycles. The van der Waals surface area contributed by atoms with Crippen molar-refractivity contribution in [3.63, 3.8) is 0 Å². The minimum absolute atomic E-state index is 0.0453. The standard InChI is InChI=1S/C14H10BrFN2O3/c1-8-6-9(2-5-13(8)18(20)21)14(19)17-10-3-4-12(16)11(15)7-10/h2-7H,1H3,(H,17,19). The molecule has 0 bridgehead atoms. The fourth-order valence-electron chi connectivity index (χ4n) is 1.78. The first kappa shape index (κ1) is 15.1. The third-order valence-electron chi connectivity index (χ3n) is 2.83. The number of nitro groups is 1. The number of halogens is 2. The quantitative estimate of drug-likeness (QED) is 0.668. The Morgan fingerprint density at radius 1 is 1.29 bits per heavy atom. The van der Waals surface area contributed by atoms with E-state index in [-0.39, 0.29) is 10.2 Å². The van der Waals surface area contributed by atoms with Crippen LogP contribution in [0.3, 0.4) is 0 Å². The Kier molecular flexibility index (Phi) is 4.32. The Bertz CT molecular complexity index is 734. The van der Waals surface area contributed by atoms with E-state index in [4.69, 9.17) is 0 Å². The van der Waals surface area contributed by atoms with Crippen LogP contribution in [0, 0.1) is 22.9 Å². The maximum absolute atomic E-state index is 13.1. The smallest absolute Gasteiger partial charge is 0.272 e. The van der Waals surface area contributed by atoms with Gasteiger partial charge in [-0.1, -0.05) is 0 Å². The number of anilines is 1. The van der Waals surface area contributed by atoms with Gasteiger partial charge in [0, 0.05) is 22.9 Å². The Morgan fingerprint density at radius 2 is 2.00 bits per heavy atom. The number of amides is 1. The second-order valence-corrected chi connectivity index (χ2v) is 5.20. The van der Waals surface area contributed by atoms with Crippen molar-refractivity contribution < 1.29 is 14.1 Å². The van der Waals surface area contributed by atoms with E-state index in [0.717, 1.165) is 0 Å². The van der Waals surface area contributed by atoms with E-state index in [0.29, 0.717) is 16.8 Å². The Labute approximate surface area is 128 Å². The van der Waals surface area contributed by atoms with Gasteiger partial charge in [0.2, 0.25) is 0 Å². The Balaban J connectivity index is 2.22. The first-order chi connectivity index (χ1) is 9.88. The zero-order valence-electron chi connectivity index (χ0n) is 10.9. The van der Waals surface area contributed by atoms with Gasteiger partial charge in [0.05, 0.1) is 9.40 Å². The van der Waals surface area contributed by atoms with E-state index in [1.165, 1.54) is 36.4 Å². The highest BCUT2D eigenvalue weighted by Gasteiger charge is 2.14. The van der Waals surface area contributed by atoms with Crippen LogP contribution in [0.1, 0.15) is 15.9 Å². The molecule has 2 rings (SSSR count). The van der Waals surface area contributed by atoms with Crippen molar-refractivity contribution in [1.82, 2.24) is 0 Å². The van der Waals surface area contributed by atoms with Crippen LogP contribution in [0.15, 0.2) is 40.9 Å². The molecule has 0 unspecified atom stereocenters. The summed E-state index contributed by atoms with van der Waals surface area (Å²) in [5.74, 6) is -0.856. The van der Waals surface area contributed by atoms with Crippen LogP contribution in [0.25, 0.3) is 0 Å². The van der Waals surface area contributed by atoms with E-state index in [2.05, 4.69) is 21.2 Å². The number of benzene rings is 2. The van der Waals surface area contributed by atoms with Gasteiger partial charge in [-0.15, -0.1) is 0 Å². The predicted molar refractivity (Wildman–Crippen MR) is 79.9 cm³/mol. The van der Waals surface area contributed by atoms with Gasteiger partial charge in [0.1, 0.15) is 5.82 Å². The molecule has 2 aromatic rings. The van der Waals surface area contributed by atoms with Crippen molar-refractivity contribution >= 4 is 33.2 Å². The van der Waals surface area contributed by atoms with Crippen LogP contribution < -0.4 is 5.32 Å². The molecule has 2 aromatic carbocycles. The normalized spacial score (nSPS) is 10.2. The number of carbonyl (C=O) groups is 1. The van der Waals surface area contributed by atoms with E-state index in [1.54, 1.807) is 6.92 Å². The van der Waals surface area contributed by atoms with Gasteiger partial charge in [-0.05, 0) is 53.2 Å². The minimum atomic E-state index is -0.506. The van der Waals surface area contributed by atoms with Crippen LogP contribution >= 0.6 is 15.9 Å². The maximum Gasteiger partial charge on any atom is 0.272 e. The summed E-state index contributed by atoms with van der Waals surface area (Å²) >= 11 is 3.03. The lowest BCUT2D eigenvalue weighted by Gasteiger charge is -2.07. The summed E-state index contributed by atoms with van der Waals surface area (Å²) in [5.41, 5.74) is 1.06. The van der Waals surface area contributed by atoms with E-state index < -0.39 is 16.6 Å². The molecule has 0 spiro atoms. The second-order valence-electron chi connectivity index (χ2n) is 4.34. The van der Waals surface area contributed by atoms with Gasteiger partial charge in [-0.25, -0.2) is 4.39 Å². The van der Waals surface area contributed by atoms with E-state index in [9.17, 15) is 19.3 Å². The monoisotopic (exact) mass is 352 g/mol. The molecular formula is C14H10BrFN2O3. The first-order valence-corrected chi connectivity index (χ1v) is 6.69. The number of carbonyl (C=O) groups excluding carboxylic acids is 1. The van der Waals surface area contributed by atoms with Gasteiger partial charge in [0.15, 0.2) is 0 Å². The summed E-state index contributed by atoms with van der Waals surface area (Å²) < 4.78 is 13.3. The van der Waals surface area contributed by atoms with Crippen LogP contribution in [-0.2, 0) is 0 Å². The molecule has 1 amide bonds. The zero-order valence-corrected chi connectivity index (χ0v) is 12.5. The molecule has 0 saturated carbocycles.